The van der Waals surface area contributed by atoms with Crippen molar-refractivity contribution >= 4 is 28.0 Å². The molecule has 1 N–H and O–H groups in total. The Morgan fingerprint density at radius 2 is 2.46 bits per heavy atom. The fourth-order valence-electron chi connectivity index (χ4n) is 1.14. The summed E-state index contributed by atoms with van der Waals surface area (Å²) in [6.07, 6.45) is 4.72. The first-order chi connectivity index (χ1) is 6.40. The molecule has 66 valence electrons. The molecule has 2 heterocycles. The van der Waals surface area contributed by atoms with E-state index in [-0.39, 0.29) is 0 Å². The lowest BCUT2D eigenvalue weighted by atomic mass is 10.3. The fourth-order valence-corrected chi connectivity index (χ4v) is 2.96. The van der Waals surface area contributed by atoms with E-state index in [2.05, 4.69) is 28.7 Å². The highest BCUT2D eigenvalue weighted by Crippen LogP contribution is 2.43. The zero-order valence-electron chi connectivity index (χ0n) is 6.86. The third-order valence-corrected chi connectivity index (χ3v) is 3.88. The van der Waals surface area contributed by atoms with Crippen molar-refractivity contribution in [3.05, 3.63) is 39.6 Å². The molecular formula is C9H8N2S2. The molecule has 1 aromatic heterocycles. The van der Waals surface area contributed by atoms with Gasteiger partial charge in [0.15, 0.2) is 0 Å². The van der Waals surface area contributed by atoms with Gasteiger partial charge in [-0.2, -0.15) is 5.11 Å². The quantitative estimate of drug-likeness (QED) is 0.730. The number of hydrogen-bond acceptors (Lipinski definition) is 4. The van der Waals surface area contributed by atoms with Crippen LogP contribution in [-0.2, 0) is 0 Å². The van der Waals surface area contributed by atoms with Crippen LogP contribution < -0.4 is 0 Å². The Morgan fingerprint density at radius 1 is 1.54 bits per heavy atom. The predicted octanol–water partition coefficient (Wildman–Crippen LogP) is 4.10. The van der Waals surface area contributed by atoms with E-state index in [1.54, 1.807) is 29.3 Å². The van der Waals surface area contributed by atoms with Gasteiger partial charge < -0.3 is 0 Å². The van der Waals surface area contributed by atoms with Crippen molar-refractivity contribution in [2.75, 3.05) is 0 Å². The molecule has 0 saturated heterocycles. The van der Waals surface area contributed by atoms with Gasteiger partial charge in [0.2, 0.25) is 0 Å². The first-order valence-corrected chi connectivity index (χ1v) is 5.57. The van der Waals surface area contributed by atoms with Gasteiger partial charge in [-0.1, -0.05) is 23.9 Å². The SMILES string of the molecule is N=NC=C1CC=C(c2cccs2)S1. The van der Waals surface area contributed by atoms with E-state index < -0.39 is 0 Å². The van der Waals surface area contributed by atoms with Gasteiger partial charge in [0.1, 0.15) is 0 Å². The van der Waals surface area contributed by atoms with Crippen LogP contribution in [-0.4, -0.2) is 0 Å². The summed E-state index contributed by atoms with van der Waals surface area (Å²) in [4.78, 5) is 3.75. The van der Waals surface area contributed by atoms with E-state index >= 15 is 0 Å². The third-order valence-electron chi connectivity index (χ3n) is 1.70. The molecule has 13 heavy (non-hydrogen) atoms. The number of hydrogen-bond donors (Lipinski definition) is 1. The molecule has 0 fully saturated rings. The number of thioether (sulfide) groups is 1. The van der Waals surface area contributed by atoms with Gasteiger partial charge in [-0.3, -0.25) is 0 Å². The Kier molecular flexibility index (Phi) is 2.61. The van der Waals surface area contributed by atoms with E-state index in [0.717, 1.165) is 11.3 Å². The summed E-state index contributed by atoms with van der Waals surface area (Å²) in [5, 5.41) is 5.35. The molecule has 1 aromatic rings. The Hall–Kier alpha value is -0.870. The minimum Gasteiger partial charge on any atom is -0.205 e. The normalized spacial score (nSPS) is 19.1. The smallest absolute Gasteiger partial charge is 0.0590 e. The van der Waals surface area contributed by atoms with E-state index in [9.17, 15) is 0 Å². The number of allylic oxidation sites excluding steroid dienone is 2. The van der Waals surface area contributed by atoms with Crippen molar-refractivity contribution in [1.82, 2.24) is 0 Å². The van der Waals surface area contributed by atoms with Crippen LogP contribution in [0.3, 0.4) is 0 Å². The summed E-state index contributed by atoms with van der Waals surface area (Å²) in [7, 11) is 0. The van der Waals surface area contributed by atoms with Crippen molar-refractivity contribution in [3.8, 4) is 0 Å². The van der Waals surface area contributed by atoms with Crippen LogP contribution in [0.1, 0.15) is 11.3 Å². The fraction of sp³-hybridized carbons (Fsp3) is 0.111. The zero-order valence-corrected chi connectivity index (χ0v) is 8.49. The van der Waals surface area contributed by atoms with Crippen LogP contribution >= 0.6 is 23.1 Å². The van der Waals surface area contributed by atoms with Crippen molar-refractivity contribution in [2.24, 2.45) is 5.11 Å². The Bertz CT molecular complexity index is 363. The molecule has 0 unspecified atom stereocenters. The second-order valence-corrected chi connectivity index (χ2v) is 4.69. The maximum absolute atomic E-state index is 6.72. The van der Waals surface area contributed by atoms with Crippen molar-refractivity contribution < 1.29 is 0 Å². The first kappa shape index (κ1) is 8.72. The topological polar surface area (TPSA) is 36.2 Å². The number of nitrogens with zero attached hydrogens (tertiary/aromatic N) is 1. The second-order valence-electron chi connectivity index (χ2n) is 2.58. The van der Waals surface area contributed by atoms with E-state index in [1.807, 2.05) is 0 Å². The molecule has 1 aliphatic rings. The summed E-state index contributed by atoms with van der Waals surface area (Å²) in [5.41, 5.74) is 6.72. The summed E-state index contributed by atoms with van der Waals surface area (Å²) in [5.74, 6) is 0. The number of rotatable bonds is 2. The van der Waals surface area contributed by atoms with Crippen molar-refractivity contribution in [3.63, 3.8) is 0 Å². The monoisotopic (exact) mass is 208 g/mol. The molecule has 0 amide bonds. The van der Waals surface area contributed by atoms with E-state index in [0.29, 0.717) is 0 Å². The van der Waals surface area contributed by atoms with Gasteiger partial charge in [-0.15, -0.1) is 11.3 Å². The zero-order chi connectivity index (χ0) is 9.10. The molecule has 0 radical (unpaired) electrons. The van der Waals surface area contributed by atoms with Crippen LogP contribution in [0.25, 0.3) is 4.91 Å². The highest BCUT2D eigenvalue weighted by Gasteiger charge is 2.12. The van der Waals surface area contributed by atoms with Gasteiger partial charge in [-0.25, -0.2) is 5.53 Å². The molecule has 0 aromatic carbocycles. The highest BCUT2D eigenvalue weighted by atomic mass is 32.2. The minimum atomic E-state index is 0.917. The summed E-state index contributed by atoms with van der Waals surface area (Å²) in [6.45, 7) is 0. The standard InChI is InChI=1S/C9H8N2S2/c10-11-6-7-3-4-9(13-7)8-2-1-5-12-8/h1-2,4-6,10H,3H2. The average Bonchev–Trinajstić information content (AvgIpc) is 2.70. The van der Waals surface area contributed by atoms with E-state index in [1.165, 1.54) is 9.78 Å². The molecule has 0 aliphatic carbocycles. The highest BCUT2D eigenvalue weighted by molar-refractivity contribution is 8.12. The lowest BCUT2D eigenvalue weighted by Crippen LogP contribution is -1.65. The summed E-state index contributed by atoms with van der Waals surface area (Å²) >= 11 is 3.46. The van der Waals surface area contributed by atoms with Crippen LogP contribution in [0.15, 0.2) is 39.8 Å². The Balaban J connectivity index is 2.14. The largest absolute Gasteiger partial charge is 0.205 e. The maximum Gasteiger partial charge on any atom is 0.0590 e. The molecule has 1 aliphatic heterocycles. The van der Waals surface area contributed by atoms with Gasteiger partial charge in [0.25, 0.3) is 0 Å². The third kappa shape index (κ3) is 1.89. The van der Waals surface area contributed by atoms with Crippen LogP contribution in [0.5, 0.6) is 0 Å². The van der Waals surface area contributed by atoms with Crippen LogP contribution in [0, 0.1) is 5.53 Å². The molecule has 2 rings (SSSR count). The Labute approximate surface area is 84.9 Å². The minimum absolute atomic E-state index is 0.917. The van der Waals surface area contributed by atoms with Crippen LogP contribution in [0.2, 0.25) is 0 Å². The number of nitrogens with one attached hydrogen (secondary N) is 1. The second kappa shape index (κ2) is 3.89. The van der Waals surface area contributed by atoms with Crippen molar-refractivity contribution in [1.29, 1.82) is 5.53 Å². The molecule has 2 nitrogen and oxygen atoms in total. The Morgan fingerprint density at radius 3 is 3.15 bits per heavy atom. The molecule has 0 saturated carbocycles. The maximum atomic E-state index is 6.72. The molecule has 0 bridgehead atoms. The molecule has 0 spiro atoms. The van der Waals surface area contributed by atoms with Gasteiger partial charge >= 0.3 is 0 Å². The number of thiophene rings is 1. The lowest BCUT2D eigenvalue weighted by Gasteiger charge is -1.95. The molecule has 4 heteroatoms. The molecular weight excluding hydrogens is 200 g/mol. The summed E-state index contributed by atoms with van der Waals surface area (Å²) in [6, 6.07) is 4.17. The van der Waals surface area contributed by atoms with E-state index in [4.69, 9.17) is 5.53 Å². The predicted molar refractivity (Wildman–Crippen MR) is 57.7 cm³/mol. The van der Waals surface area contributed by atoms with Crippen LogP contribution in [0.4, 0.5) is 0 Å². The molecule has 0 atom stereocenters. The van der Waals surface area contributed by atoms with Gasteiger partial charge in [0, 0.05) is 14.7 Å². The first-order valence-electron chi connectivity index (χ1n) is 3.87. The van der Waals surface area contributed by atoms with Gasteiger partial charge in [-0.05, 0) is 17.9 Å². The average molecular weight is 208 g/mol. The summed E-state index contributed by atoms with van der Waals surface area (Å²) < 4.78 is 0. The van der Waals surface area contributed by atoms with Gasteiger partial charge in [0.05, 0.1) is 6.20 Å². The lowest BCUT2D eigenvalue weighted by molar-refractivity contribution is 1.13. The van der Waals surface area contributed by atoms with Crippen molar-refractivity contribution in [2.45, 2.75) is 6.42 Å².